The van der Waals surface area contributed by atoms with Gasteiger partial charge in [0.1, 0.15) is 5.69 Å². The molecule has 0 radical (unpaired) electrons. The number of fused-ring (bicyclic) bond motifs is 1. The highest BCUT2D eigenvalue weighted by atomic mass is 19.2. The molecule has 1 aromatic carbocycles. The molecular formula is C21H17F3N4O. The smallest absolute Gasteiger partial charge is 0.254 e. The fraction of sp³-hybridized carbons (Fsp3) is 0.238. The van der Waals surface area contributed by atoms with Gasteiger partial charge in [0.05, 0.1) is 11.9 Å². The van der Waals surface area contributed by atoms with Gasteiger partial charge in [0, 0.05) is 31.3 Å². The lowest BCUT2D eigenvalue weighted by atomic mass is 9.92. The maximum absolute atomic E-state index is 13.6. The topological polar surface area (TPSA) is 59.0 Å². The number of amides is 1. The predicted molar refractivity (Wildman–Crippen MR) is 99.8 cm³/mol. The summed E-state index contributed by atoms with van der Waals surface area (Å²) in [5, 5.41) is 8.15. The predicted octanol–water partition coefficient (Wildman–Crippen LogP) is 3.74. The number of pyridine rings is 1. The molecule has 3 aromatic rings. The second-order valence-electron chi connectivity index (χ2n) is 7.06. The fourth-order valence-electron chi connectivity index (χ4n) is 3.51. The Morgan fingerprint density at radius 3 is 2.55 bits per heavy atom. The van der Waals surface area contributed by atoms with Crippen molar-refractivity contribution in [3.63, 3.8) is 0 Å². The highest BCUT2D eigenvalue weighted by molar-refractivity contribution is 5.98. The Balaban J connectivity index is 1.75. The molecule has 0 fully saturated rings. The molecule has 0 bridgehead atoms. The molecule has 1 amide bonds. The van der Waals surface area contributed by atoms with E-state index in [1.165, 1.54) is 6.20 Å². The van der Waals surface area contributed by atoms with Crippen molar-refractivity contribution in [3.05, 3.63) is 76.4 Å². The van der Waals surface area contributed by atoms with Crippen molar-refractivity contribution in [2.24, 2.45) is 0 Å². The third-order valence-electron chi connectivity index (χ3n) is 5.25. The number of nitrogens with zero attached hydrogens (tertiary/aromatic N) is 4. The minimum Gasteiger partial charge on any atom is -0.341 e. The fourth-order valence-corrected chi connectivity index (χ4v) is 3.51. The quantitative estimate of drug-likeness (QED) is 0.631. The lowest BCUT2D eigenvalue weighted by Gasteiger charge is -2.25. The molecule has 2 aromatic heterocycles. The normalized spacial score (nSPS) is 14.7. The number of rotatable bonds is 3. The molecule has 4 rings (SSSR count). The summed E-state index contributed by atoms with van der Waals surface area (Å²) in [6.07, 6.45) is 3.67. The number of carbonyl (C=O) groups is 1. The molecule has 8 heteroatoms. The van der Waals surface area contributed by atoms with E-state index in [0.717, 1.165) is 17.7 Å². The maximum Gasteiger partial charge on any atom is 0.254 e. The molecule has 29 heavy (non-hydrogen) atoms. The van der Waals surface area contributed by atoms with Crippen molar-refractivity contribution in [1.82, 2.24) is 20.1 Å². The van der Waals surface area contributed by atoms with E-state index in [1.54, 1.807) is 37.2 Å². The Kier molecular flexibility index (Phi) is 4.77. The first-order valence-electron chi connectivity index (χ1n) is 9.07. The van der Waals surface area contributed by atoms with Crippen molar-refractivity contribution in [2.75, 3.05) is 13.6 Å². The van der Waals surface area contributed by atoms with Crippen molar-refractivity contribution in [2.45, 2.75) is 19.3 Å². The van der Waals surface area contributed by atoms with Crippen LogP contribution in [-0.2, 0) is 6.42 Å². The van der Waals surface area contributed by atoms with E-state index in [-0.39, 0.29) is 11.5 Å². The number of aromatic nitrogens is 3. The lowest BCUT2D eigenvalue weighted by molar-refractivity contribution is 0.0781. The highest BCUT2D eigenvalue weighted by Crippen LogP contribution is 2.31. The van der Waals surface area contributed by atoms with Crippen LogP contribution >= 0.6 is 0 Å². The Bertz CT molecular complexity index is 1100. The van der Waals surface area contributed by atoms with Gasteiger partial charge in [-0.25, -0.2) is 13.2 Å². The Morgan fingerprint density at radius 2 is 1.83 bits per heavy atom. The zero-order valence-corrected chi connectivity index (χ0v) is 15.8. The number of benzene rings is 1. The summed E-state index contributed by atoms with van der Waals surface area (Å²) in [5.41, 5.74) is 3.31. The summed E-state index contributed by atoms with van der Waals surface area (Å²) in [4.78, 5) is 18.5. The molecule has 3 heterocycles. The van der Waals surface area contributed by atoms with Crippen LogP contribution in [0.5, 0.6) is 0 Å². The van der Waals surface area contributed by atoms with Gasteiger partial charge in [0.15, 0.2) is 17.5 Å². The molecule has 0 saturated heterocycles. The zero-order chi connectivity index (χ0) is 20.7. The third-order valence-corrected chi connectivity index (χ3v) is 5.25. The van der Waals surface area contributed by atoms with Gasteiger partial charge in [-0.2, -0.15) is 5.10 Å². The second kappa shape index (κ2) is 7.27. The Hall–Kier alpha value is -3.29. The number of halogens is 3. The third kappa shape index (κ3) is 3.35. The van der Waals surface area contributed by atoms with Crippen LogP contribution in [0.2, 0.25) is 0 Å². The SMILES string of the molecule is C[C@H](c1cnnc(-c2nccc3c2CCN(C)C3=O)c1)c1cc(F)c(F)c(F)c1. The molecule has 0 unspecified atom stereocenters. The number of likely N-dealkylation sites (N-methyl/N-ethyl adjacent to an activating group) is 1. The van der Waals surface area contributed by atoms with E-state index >= 15 is 0 Å². The number of hydrogen-bond acceptors (Lipinski definition) is 4. The summed E-state index contributed by atoms with van der Waals surface area (Å²) in [5.74, 6) is -4.51. The van der Waals surface area contributed by atoms with Crippen LogP contribution in [0.3, 0.4) is 0 Å². The lowest BCUT2D eigenvalue weighted by Crippen LogP contribution is -2.34. The van der Waals surface area contributed by atoms with Crippen LogP contribution in [0.1, 0.15) is 39.9 Å². The van der Waals surface area contributed by atoms with E-state index in [0.29, 0.717) is 35.5 Å². The molecule has 0 aliphatic carbocycles. The number of hydrogen-bond donors (Lipinski definition) is 0. The first-order valence-corrected chi connectivity index (χ1v) is 9.07. The van der Waals surface area contributed by atoms with E-state index in [4.69, 9.17) is 0 Å². The summed E-state index contributed by atoms with van der Waals surface area (Å²) >= 11 is 0. The molecule has 1 aliphatic rings. The molecule has 148 valence electrons. The molecule has 0 spiro atoms. The van der Waals surface area contributed by atoms with Gasteiger partial charge < -0.3 is 4.90 Å². The largest absolute Gasteiger partial charge is 0.341 e. The molecule has 0 N–H and O–H groups in total. The van der Waals surface area contributed by atoms with Crippen molar-refractivity contribution in [1.29, 1.82) is 0 Å². The van der Waals surface area contributed by atoms with Crippen molar-refractivity contribution >= 4 is 5.91 Å². The van der Waals surface area contributed by atoms with Gasteiger partial charge in [-0.15, -0.1) is 5.10 Å². The van der Waals surface area contributed by atoms with E-state index in [1.807, 2.05) is 0 Å². The summed E-state index contributed by atoms with van der Waals surface area (Å²) in [7, 11) is 1.74. The van der Waals surface area contributed by atoms with Crippen molar-refractivity contribution in [3.8, 4) is 11.4 Å². The van der Waals surface area contributed by atoms with Crippen LogP contribution in [0.25, 0.3) is 11.4 Å². The van der Waals surface area contributed by atoms with E-state index in [2.05, 4.69) is 15.2 Å². The number of carbonyl (C=O) groups excluding carboxylic acids is 1. The van der Waals surface area contributed by atoms with E-state index < -0.39 is 23.4 Å². The Labute approximate surface area is 165 Å². The molecule has 1 aliphatic heterocycles. The molecular weight excluding hydrogens is 381 g/mol. The average molecular weight is 398 g/mol. The summed E-state index contributed by atoms with van der Waals surface area (Å²) < 4.78 is 40.5. The first-order chi connectivity index (χ1) is 13.9. The van der Waals surface area contributed by atoms with Gasteiger partial charge >= 0.3 is 0 Å². The molecule has 1 atom stereocenters. The van der Waals surface area contributed by atoms with Crippen LogP contribution in [-0.4, -0.2) is 39.6 Å². The zero-order valence-electron chi connectivity index (χ0n) is 15.8. The highest BCUT2D eigenvalue weighted by Gasteiger charge is 2.25. The summed E-state index contributed by atoms with van der Waals surface area (Å²) in [6, 6.07) is 5.35. The monoisotopic (exact) mass is 398 g/mol. The second-order valence-corrected chi connectivity index (χ2v) is 7.06. The molecule has 5 nitrogen and oxygen atoms in total. The standard InChI is InChI=1S/C21H17F3N4O/c1-11(12-7-16(22)19(24)17(23)8-12)13-9-18(27-26-10-13)20-14-4-6-28(2)21(29)15(14)3-5-25-20/h3,5,7-11H,4,6H2,1-2H3/t11-/m0/s1. The average Bonchev–Trinajstić information content (AvgIpc) is 2.73. The van der Waals surface area contributed by atoms with Crippen LogP contribution in [0.15, 0.2) is 36.7 Å². The van der Waals surface area contributed by atoms with E-state index in [9.17, 15) is 18.0 Å². The van der Waals surface area contributed by atoms with Gasteiger partial charge in [-0.3, -0.25) is 9.78 Å². The Morgan fingerprint density at radius 1 is 1.10 bits per heavy atom. The van der Waals surface area contributed by atoms with Gasteiger partial charge in [-0.1, -0.05) is 6.92 Å². The van der Waals surface area contributed by atoms with Gasteiger partial charge in [0.25, 0.3) is 5.91 Å². The summed E-state index contributed by atoms with van der Waals surface area (Å²) in [6.45, 7) is 2.31. The van der Waals surface area contributed by atoms with Crippen LogP contribution in [0.4, 0.5) is 13.2 Å². The molecule has 0 saturated carbocycles. The first kappa shape index (κ1) is 19.0. The van der Waals surface area contributed by atoms with Gasteiger partial charge in [-0.05, 0) is 47.4 Å². The maximum atomic E-state index is 13.6. The van der Waals surface area contributed by atoms with Crippen molar-refractivity contribution < 1.29 is 18.0 Å². The minimum absolute atomic E-state index is 0.0790. The minimum atomic E-state index is -1.50. The van der Waals surface area contributed by atoms with Crippen LogP contribution in [0, 0.1) is 17.5 Å². The van der Waals surface area contributed by atoms with Crippen LogP contribution < -0.4 is 0 Å². The van der Waals surface area contributed by atoms with Gasteiger partial charge in [0.2, 0.25) is 0 Å².